The van der Waals surface area contributed by atoms with Crippen LogP contribution in [0.4, 0.5) is 0 Å². The third-order valence-corrected chi connectivity index (χ3v) is 6.86. The minimum Gasteiger partial charge on any atom is -0.0888 e. The molecular weight excluding hydrogens is 613 g/mol. The Morgan fingerprint density at radius 2 is 0.608 bits per heavy atom. The van der Waals surface area contributed by atoms with Crippen LogP contribution in [0, 0.1) is 29.6 Å². The fraction of sp³-hybridized carbons (Fsp3) is 0.765. The average Bonchev–Trinajstić information content (AvgIpc) is 3.12. The zero-order chi connectivity index (χ0) is 39.6. The lowest BCUT2D eigenvalue weighted by Gasteiger charge is -2.16. The van der Waals surface area contributed by atoms with E-state index in [1.54, 1.807) is 0 Å². The van der Waals surface area contributed by atoms with Gasteiger partial charge in [-0.1, -0.05) is 239 Å². The third kappa shape index (κ3) is 93.4. The van der Waals surface area contributed by atoms with E-state index in [0.29, 0.717) is 0 Å². The van der Waals surface area contributed by atoms with Crippen LogP contribution in [0.3, 0.4) is 0 Å². The Hall–Kier alpha value is -1.56. The monoisotopic (exact) mass is 721 g/mol. The van der Waals surface area contributed by atoms with Crippen LogP contribution >= 0.6 is 0 Å². The van der Waals surface area contributed by atoms with Crippen molar-refractivity contribution >= 4 is 0 Å². The Labute approximate surface area is 331 Å². The van der Waals surface area contributed by atoms with Gasteiger partial charge in [0.15, 0.2) is 0 Å². The topological polar surface area (TPSA) is 0 Å². The molecule has 0 heteroatoms. The molecule has 0 aromatic carbocycles. The lowest BCUT2D eigenvalue weighted by molar-refractivity contribution is 0.390. The van der Waals surface area contributed by atoms with E-state index >= 15 is 0 Å². The fourth-order valence-electron chi connectivity index (χ4n) is 4.42. The second kappa shape index (κ2) is 73.8. The first-order valence-corrected chi connectivity index (χ1v) is 21.5. The van der Waals surface area contributed by atoms with Crippen molar-refractivity contribution in [3.05, 3.63) is 72.9 Å². The lowest BCUT2D eigenvalue weighted by Crippen LogP contribution is -2.03. The van der Waals surface area contributed by atoms with Crippen molar-refractivity contribution in [1.29, 1.82) is 0 Å². The molecule has 0 aromatic rings. The SMILES string of the molecule is C.C.CC.CC.CCC=CC(C)C.CCC=CC(C)CC(C)C=CCC.CCC=CC(C)CC(CC)CCC.CCC=CCC.CCC=CCC. The van der Waals surface area contributed by atoms with E-state index in [2.05, 4.69) is 177 Å². The maximum atomic E-state index is 2.37. The molecule has 0 aliphatic carbocycles. The maximum Gasteiger partial charge on any atom is -0.0256 e. The normalized spacial score (nSPS) is 12.7. The van der Waals surface area contributed by atoms with E-state index in [4.69, 9.17) is 0 Å². The summed E-state index contributed by atoms with van der Waals surface area (Å²) < 4.78 is 0. The van der Waals surface area contributed by atoms with Gasteiger partial charge in [0, 0.05) is 0 Å². The van der Waals surface area contributed by atoms with Crippen LogP contribution in [-0.4, -0.2) is 0 Å². The molecule has 0 bridgehead atoms. The van der Waals surface area contributed by atoms with Crippen molar-refractivity contribution in [2.45, 2.75) is 230 Å². The van der Waals surface area contributed by atoms with Crippen molar-refractivity contribution in [3.63, 3.8) is 0 Å². The standard InChI is InChI=1S/C13H24.C13H26.C7H14.2C6H12.2C2H6.2CH4/c1-5-7-9-12(3)11-13(4)10-8-6-2;1-5-8-10-12(4)11-13(7-3)9-6-2;1-4-5-6-7(2)3;2*1-3-5-6-4-2;2*1-2;;/h7-10,12-13H,5-6,11H2,1-4H3;8,10,12-13H,5-7,9,11H2,1-4H3;5-7H,4H2,1-3H3;2*5-6H,3-4H2,1-2H3;2*1-2H3;2*1H4. The largest absolute Gasteiger partial charge is 0.0888 e. The Balaban J connectivity index is -0.0000000619. The quantitative estimate of drug-likeness (QED) is 0.117. The molecule has 0 N–H and O–H groups in total. The number of hydrogen-bond donors (Lipinski definition) is 0. The van der Waals surface area contributed by atoms with Gasteiger partial charge in [0.1, 0.15) is 0 Å². The Morgan fingerprint density at radius 1 is 0.353 bits per heavy atom. The predicted molar refractivity (Wildman–Crippen MR) is 254 cm³/mol. The molecule has 0 rings (SSSR count). The first-order chi connectivity index (χ1) is 23.5. The van der Waals surface area contributed by atoms with Crippen molar-refractivity contribution in [1.82, 2.24) is 0 Å². The van der Waals surface area contributed by atoms with Crippen LogP contribution in [0.25, 0.3) is 0 Å². The molecule has 0 heterocycles. The number of allylic oxidation sites excluding steroid dienone is 12. The molecule has 4 atom stereocenters. The minimum atomic E-state index is 0. The van der Waals surface area contributed by atoms with Crippen LogP contribution in [-0.2, 0) is 0 Å². The molecule has 51 heavy (non-hydrogen) atoms. The van der Waals surface area contributed by atoms with E-state index in [1.165, 1.54) is 64.2 Å². The molecule has 4 unspecified atom stereocenters. The summed E-state index contributed by atoms with van der Waals surface area (Å²) >= 11 is 0. The average molecular weight is 721 g/mol. The highest BCUT2D eigenvalue weighted by molar-refractivity contribution is 4.91. The van der Waals surface area contributed by atoms with Gasteiger partial charge in [-0.3, -0.25) is 0 Å². The highest BCUT2D eigenvalue weighted by atomic mass is 14.1. The maximum absolute atomic E-state index is 2.37. The van der Waals surface area contributed by atoms with Gasteiger partial charge in [-0.15, -0.1) is 0 Å². The van der Waals surface area contributed by atoms with Crippen molar-refractivity contribution in [3.8, 4) is 0 Å². The van der Waals surface area contributed by atoms with Gasteiger partial charge in [-0.05, 0) is 93.8 Å². The summed E-state index contributed by atoms with van der Waals surface area (Å²) in [5.74, 6) is 3.88. The highest BCUT2D eigenvalue weighted by Gasteiger charge is 2.08. The van der Waals surface area contributed by atoms with E-state index in [0.717, 1.165) is 48.9 Å². The molecule has 0 nitrogen and oxygen atoms in total. The Kier molecular flexibility index (Phi) is 103. The third-order valence-electron chi connectivity index (χ3n) is 6.86. The summed E-state index contributed by atoms with van der Waals surface area (Å²) in [7, 11) is 0. The fourth-order valence-corrected chi connectivity index (χ4v) is 4.42. The van der Waals surface area contributed by atoms with Crippen LogP contribution < -0.4 is 0 Å². The van der Waals surface area contributed by atoms with Gasteiger partial charge in [0.2, 0.25) is 0 Å². The molecule has 0 radical (unpaired) electrons. The van der Waals surface area contributed by atoms with E-state index in [1.807, 2.05) is 27.7 Å². The van der Waals surface area contributed by atoms with Gasteiger partial charge < -0.3 is 0 Å². The van der Waals surface area contributed by atoms with Crippen molar-refractivity contribution in [2.24, 2.45) is 29.6 Å². The highest BCUT2D eigenvalue weighted by Crippen LogP contribution is 2.21. The molecule has 0 spiro atoms. The molecular formula is C51H108. The second-order valence-electron chi connectivity index (χ2n) is 12.6. The number of hydrogen-bond acceptors (Lipinski definition) is 0. The molecule has 312 valence electrons. The minimum absolute atomic E-state index is 0. The van der Waals surface area contributed by atoms with Gasteiger partial charge in [0.05, 0.1) is 0 Å². The summed E-state index contributed by atoms with van der Waals surface area (Å²) in [5.41, 5.74) is 0. The van der Waals surface area contributed by atoms with Gasteiger partial charge in [0.25, 0.3) is 0 Å². The zero-order valence-electron chi connectivity index (χ0n) is 38.0. The lowest BCUT2D eigenvalue weighted by atomic mass is 9.90. The van der Waals surface area contributed by atoms with Gasteiger partial charge in [-0.25, -0.2) is 0 Å². The summed E-state index contributed by atoms with van der Waals surface area (Å²) in [4.78, 5) is 0. The van der Waals surface area contributed by atoms with E-state index in [-0.39, 0.29) is 14.9 Å². The summed E-state index contributed by atoms with van der Waals surface area (Å²) in [6, 6.07) is 0. The van der Waals surface area contributed by atoms with Gasteiger partial charge >= 0.3 is 0 Å². The Bertz CT molecular complexity index is 610. The van der Waals surface area contributed by atoms with E-state index < -0.39 is 0 Å². The zero-order valence-corrected chi connectivity index (χ0v) is 38.0. The first-order valence-electron chi connectivity index (χ1n) is 21.5. The van der Waals surface area contributed by atoms with Crippen molar-refractivity contribution in [2.75, 3.05) is 0 Å². The van der Waals surface area contributed by atoms with Crippen molar-refractivity contribution < 1.29 is 0 Å². The molecule has 0 aromatic heterocycles. The molecule has 0 fully saturated rings. The molecule has 0 aliphatic rings. The number of rotatable bonds is 19. The summed E-state index contributed by atoms with van der Waals surface area (Å²) in [5, 5.41) is 0. The van der Waals surface area contributed by atoms with Crippen LogP contribution in [0.1, 0.15) is 230 Å². The van der Waals surface area contributed by atoms with Gasteiger partial charge in [-0.2, -0.15) is 0 Å². The van der Waals surface area contributed by atoms with Crippen LogP contribution in [0.15, 0.2) is 72.9 Å². The second-order valence-corrected chi connectivity index (χ2v) is 12.6. The molecule has 0 saturated heterocycles. The summed E-state index contributed by atoms with van der Waals surface area (Å²) in [6.07, 6.45) is 43.1. The Morgan fingerprint density at radius 3 is 0.804 bits per heavy atom. The molecule has 0 aliphatic heterocycles. The first kappa shape index (κ1) is 70.9. The molecule has 0 amide bonds. The predicted octanol–water partition coefficient (Wildman–Crippen LogP) is 20.0. The smallest absolute Gasteiger partial charge is 0.0256 e. The van der Waals surface area contributed by atoms with Crippen LogP contribution in [0.5, 0.6) is 0 Å². The van der Waals surface area contributed by atoms with E-state index in [9.17, 15) is 0 Å². The van der Waals surface area contributed by atoms with Crippen LogP contribution in [0.2, 0.25) is 0 Å². The molecule has 0 saturated carbocycles. The summed E-state index contributed by atoms with van der Waals surface area (Å²) in [6.45, 7) is 41.2.